The fraction of sp³-hybridized carbons (Fsp3) is 0.571. The highest BCUT2D eigenvalue weighted by Gasteiger charge is 2.24. The average molecular weight is 373 g/mol. The molecule has 1 aromatic rings. The highest BCUT2D eigenvalue weighted by atomic mass is 16.6. The third-order valence-electron chi connectivity index (χ3n) is 4.48. The van der Waals surface area contributed by atoms with E-state index >= 15 is 0 Å². The second kappa shape index (κ2) is 9.02. The average Bonchev–Trinajstić information content (AvgIpc) is 2.61. The molecule has 6 nitrogen and oxygen atoms in total. The third-order valence-corrected chi connectivity index (χ3v) is 4.48. The second-order valence-electron chi connectivity index (χ2n) is 7.89. The van der Waals surface area contributed by atoms with Crippen LogP contribution >= 0.6 is 0 Å². The van der Waals surface area contributed by atoms with Gasteiger partial charge in [-0.1, -0.05) is 19.4 Å². The van der Waals surface area contributed by atoms with Crippen LogP contribution in [0.4, 0.5) is 4.79 Å². The molecule has 27 heavy (non-hydrogen) atoms. The lowest BCUT2D eigenvalue weighted by Gasteiger charge is -2.30. The number of unbranched alkanes of at least 4 members (excludes halogenated alkanes) is 1. The quantitative estimate of drug-likeness (QED) is 0.814. The fourth-order valence-corrected chi connectivity index (χ4v) is 2.91. The van der Waals surface area contributed by atoms with Gasteiger partial charge in [0.2, 0.25) is 5.88 Å². The zero-order chi connectivity index (χ0) is 20.0. The summed E-state index contributed by atoms with van der Waals surface area (Å²) in [6.07, 6.45) is 9.16. The number of aromatic nitrogens is 2. The smallest absolute Gasteiger partial charge is 0.410 e. The van der Waals surface area contributed by atoms with Crippen LogP contribution in [0.2, 0.25) is 0 Å². The standard InChI is InChI=1S/C21H31N3O3/c1-6-7-8-17(13-18-15(2)19(25)23-14-22-18)16-9-11-24(12-10-16)20(26)27-21(3,4)5/h9,13-14H,6-8,10-12H2,1-5H3,(H,22,23,25)/b17-13+. The van der Waals surface area contributed by atoms with E-state index in [1.165, 1.54) is 17.5 Å². The number of amides is 1. The zero-order valence-corrected chi connectivity index (χ0v) is 17.1. The molecule has 0 aromatic carbocycles. The number of rotatable bonds is 5. The van der Waals surface area contributed by atoms with E-state index < -0.39 is 5.60 Å². The molecule has 1 N–H and O–H groups in total. The molecule has 1 aliphatic rings. The lowest BCUT2D eigenvalue weighted by atomic mass is 9.94. The maximum Gasteiger partial charge on any atom is 0.410 e. The number of allylic oxidation sites excluding steroid dienone is 1. The van der Waals surface area contributed by atoms with Crippen molar-refractivity contribution >= 4 is 12.2 Å². The van der Waals surface area contributed by atoms with Crippen LogP contribution < -0.4 is 0 Å². The van der Waals surface area contributed by atoms with Gasteiger partial charge in [-0.05, 0) is 64.2 Å². The van der Waals surface area contributed by atoms with E-state index in [0.29, 0.717) is 18.7 Å². The molecule has 0 unspecified atom stereocenters. The molecule has 0 saturated carbocycles. The molecule has 2 heterocycles. The summed E-state index contributed by atoms with van der Waals surface area (Å²) >= 11 is 0. The number of ether oxygens (including phenoxy) is 1. The summed E-state index contributed by atoms with van der Waals surface area (Å²) in [5.74, 6) is 0.0137. The Labute approximate surface area is 162 Å². The number of carbonyl (C=O) groups is 1. The minimum absolute atomic E-state index is 0.0137. The monoisotopic (exact) mass is 373 g/mol. The Kier molecular flexibility index (Phi) is 6.99. The summed E-state index contributed by atoms with van der Waals surface area (Å²) in [5, 5.41) is 9.83. The topological polar surface area (TPSA) is 75.6 Å². The van der Waals surface area contributed by atoms with Gasteiger partial charge < -0.3 is 14.7 Å². The van der Waals surface area contributed by atoms with Gasteiger partial charge >= 0.3 is 6.09 Å². The number of nitrogens with zero attached hydrogens (tertiary/aromatic N) is 3. The first-order chi connectivity index (χ1) is 12.7. The van der Waals surface area contributed by atoms with Gasteiger partial charge in [-0.15, -0.1) is 0 Å². The van der Waals surface area contributed by atoms with Gasteiger partial charge in [-0.25, -0.2) is 14.8 Å². The molecule has 0 saturated heterocycles. The SMILES string of the molecule is CCCC/C(=C\c1ncnc(O)c1C)C1=CCN(C(=O)OC(C)(C)C)CC1. The van der Waals surface area contributed by atoms with E-state index in [2.05, 4.69) is 23.0 Å². The van der Waals surface area contributed by atoms with E-state index in [1.54, 1.807) is 4.90 Å². The van der Waals surface area contributed by atoms with E-state index in [9.17, 15) is 9.90 Å². The molecule has 1 aromatic heterocycles. The molecule has 0 spiro atoms. The van der Waals surface area contributed by atoms with Crippen molar-refractivity contribution in [2.24, 2.45) is 0 Å². The summed E-state index contributed by atoms with van der Waals surface area (Å²) in [6, 6.07) is 0. The molecule has 0 radical (unpaired) electrons. The van der Waals surface area contributed by atoms with Gasteiger partial charge in [0.25, 0.3) is 0 Å². The Morgan fingerprint density at radius 3 is 2.70 bits per heavy atom. The molecule has 6 heteroatoms. The summed E-state index contributed by atoms with van der Waals surface area (Å²) in [4.78, 5) is 22.1. The number of aromatic hydroxyl groups is 1. The molecule has 1 aliphatic heterocycles. The normalized spacial score (nSPS) is 15.5. The van der Waals surface area contributed by atoms with E-state index in [-0.39, 0.29) is 12.0 Å². The number of hydrogen-bond donors (Lipinski definition) is 1. The van der Waals surface area contributed by atoms with Crippen LogP contribution in [-0.4, -0.2) is 44.8 Å². The zero-order valence-electron chi connectivity index (χ0n) is 17.1. The van der Waals surface area contributed by atoms with Crippen molar-refractivity contribution in [2.75, 3.05) is 13.1 Å². The Morgan fingerprint density at radius 1 is 1.37 bits per heavy atom. The molecule has 1 amide bonds. The second-order valence-corrected chi connectivity index (χ2v) is 7.89. The predicted molar refractivity (Wildman–Crippen MR) is 106 cm³/mol. The van der Waals surface area contributed by atoms with Crippen molar-refractivity contribution in [1.82, 2.24) is 14.9 Å². The summed E-state index contributed by atoms with van der Waals surface area (Å²) in [5.41, 5.74) is 3.38. The van der Waals surface area contributed by atoms with Crippen molar-refractivity contribution in [3.63, 3.8) is 0 Å². The summed E-state index contributed by atoms with van der Waals surface area (Å²) in [6.45, 7) is 10.8. The first-order valence-electron chi connectivity index (χ1n) is 9.59. The minimum Gasteiger partial charge on any atom is -0.493 e. The van der Waals surface area contributed by atoms with Gasteiger partial charge in [0.05, 0.1) is 5.69 Å². The maximum atomic E-state index is 12.3. The largest absolute Gasteiger partial charge is 0.493 e. The van der Waals surface area contributed by atoms with Crippen LogP contribution in [0.25, 0.3) is 6.08 Å². The molecule has 148 valence electrons. The lowest BCUT2D eigenvalue weighted by Crippen LogP contribution is -2.39. The van der Waals surface area contributed by atoms with Gasteiger partial charge in [0.1, 0.15) is 11.9 Å². The molecule has 0 atom stereocenters. The Balaban J connectivity index is 2.19. The summed E-state index contributed by atoms with van der Waals surface area (Å²) in [7, 11) is 0. The molecular formula is C21H31N3O3. The number of hydrogen-bond acceptors (Lipinski definition) is 5. The summed E-state index contributed by atoms with van der Waals surface area (Å²) < 4.78 is 5.46. The van der Waals surface area contributed by atoms with Crippen molar-refractivity contribution < 1.29 is 14.6 Å². The first-order valence-corrected chi connectivity index (χ1v) is 9.59. The Morgan fingerprint density at radius 2 is 2.11 bits per heavy atom. The van der Waals surface area contributed by atoms with Gasteiger partial charge in [-0.2, -0.15) is 0 Å². The van der Waals surface area contributed by atoms with Gasteiger partial charge in [0, 0.05) is 18.7 Å². The van der Waals surface area contributed by atoms with Crippen molar-refractivity contribution in [1.29, 1.82) is 0 Å². The number of carbonyl (C=O) groups excluding carboxylic acids is 1. The van der Waals surface area contributed by atoms with Crippen LogP contribution in [0.15, 0.2) is 23.5 Å². The maximum absolute atomic E-state index is 12.3. The van der Waals surface area contributed by atoms with Gasteiger partial charge in [-0.3, -0.25) is 0 Å². The lowest BCUT2D eigenvalue weighted by molar-refractivity contribution is 0.0266. The Hall–Kier alpha value is -2.37. The minimum atomic E-state index is -0.486. The molecule has 2 rings (SSSR count). The molecular weight excluding hydrogens is 342 g/mol. The van der Waals surface area contributed by atoms with Crippen LogP contribution in [0.1, 0.15) is 64.6 Å². The molecule has 0 aliphatic carbocycles. The van der Waals surface area contributed by atoms with Crippen LogP contribution in [0.3, 0.4) is 0 Å². The highest BCUT2D eigenvalue weighted by Crippen LogP contribution is 2.28. The van der Waals surface area contributed by atoms with Crippen LogP contribution in [-0.2, 0) is 4.74 Å². The van der Waals surface area contributed by atoms with Crippen molar-refractivity contribution in [2.45, 2.75) is 65.9 Å². The fourth-order valence-electron chi connectivity index (χ4n) is 2.91. The molecule has 0 bridgehead atoms. The predicted octanol–water partition coefficient (Wildman–Crippen LogP) is 4.63. The van der Waals surface area contributed by atoms with Crippen molar-refractivity contribution in [3.8, 4) is 5.88 Å². The van der Waals surface area contributed by atoms with Crippen molar-refractivity contribution in [3.05, 3.63) is 34.8 Å². The van der Waals surface area contributed by atoms with E-state index in [1.807, 2.05) is 33.8 Å². The highest BCUT2D eigenvalue weighted by molar-refractivity contribution is 5.69. The van der Waals surface area contributed by atoms with E-state index in [4.69, 9.17) is 4.74 Å². The molecule has 0 fully saturated rings. The van der Waals surface area contributed by atoms with E-state index in [0.717, 1.165) is 31.4 Å². The van der Waals surface area contributed by atoms with Crippen LogP contribution in [0.5, 0.6) is 5.88 Å². The Bertz CT molecular complexity index is 733. The van der Waals surface area contributed by atoms with Gasteiger partial charge in [0.15, 0.2) is 0 Å². The van der Waals surface area contributed by atoms with Crippen LogP contribution in [0, 0.1) is 6.92 Å². The first kappa shape index (κ1) is 20.9. The third kappa shape index (κ3) is 6.08.